The summed E-state index contributed by atoms with van der Waals surface area (Å²) in [6.45, 7) is 2.55. The number of carbonyl (C=O) groups is 2. The minimum atomic E-state index is -0.00137. The van der Waals surface area contributed by atoms with Crippen molar-refractivity contribution in [3.05, 3.63) is 35.9 Å². The smallest absolute Gasteiger partial charge is 0.243 e. The second-order valence-corrected chi connectivity index (χ2v) is 7.12. The lowest BCUT2D eigenvalue weighted by Crippen LogP contribution is -2.42. The van der Waals surface area contributed by atoms with Gasteiger partial charge in [0.05, 0.1) is 12.3 Å². The number of rotatable bonds is 5. The lowest BCUT2D eigenvalue weighted by molar-refractivity contribution is -0.132. The maximum absolute atomic E-state index is 12.3. The van der Waals surface area contributed by atoms with Gasteiger partial charge in [-0.15, -0.1) is 0 Å². The third kappa shape index (κ3) is 4.68. The summed E-state index contributed by atoms with van der Waals surface area (Å²) in [6, 6.07) is 10.2. The van der Waals surface area contributed by atoms with Crippen LogP contribution in [0.2, 0.25) is 0 Å². The minimum absolute atomic E-state index is 0.00137. The van der Waals surface area contributed by atoms with Gasteiger partial charge in [-0.3, -0.25) is 9.59 Å². The van der Waals surface area contributed by atoms with E-state index in [1.807, 2.05) is 30.3 Å². The lowest BCUT2D eigenvalue weighted by atomic mass is 9.86. The van der Waals surface area contributed by atoms with Gasteiger partial charge in [0.1, 0.15) is 0 Å². The third-order valence-corrected chi connectivity index (χ3v) is 5.22. The van der Waals surface area contributed by atoms with Gasteiger partial charge in [-0.2, -0.15) is 5.10 Å². The fourth-order valence-corrected chi connectivity index (χ4v) is 3.63. The highest BCUT2D eigenvalue weighted by atomic mass is 16.2. The Kier molecular flexibility index (Phi) is 5.84. The van der Waals surface area contributed by atoms with Gasteiger partial charge in [-0.05, 0) is 24.3 Å². The molecule has 1 N–H and O–H groups in total. The molecule has 1 aliphatic carbocycles. The van der Waals surface area contributed by atoms with Gasteiger partial charge in [0.15, 0.2) is 0 Å². The molecule has 5 nitrogen and oxygen atoms in total. The zero-order chi connectivity index (χ0) is 17.6. The van der Waals surface area contributed by atoms with E-state index in [4.69, 9.17) is 0 Å². The Bertz CT molecular complexity index is 642. The van der Waals surface area contributed by atoms with Gasteiger partial charge in [0.2, 0.25) is 11.8 Å². The van der Waals surface area contributed by atoms with Crippen LogP contribution in [0.4, 0.5) is 0 Å². The predicted octanol–water partition coefficient (Wildman–Crippen LogP) is 3.10. The SMILES string of the molecule is CC1CCCCC1NC(=O)CCN1N=C(c2ccccc2)CCC1=O. The summed E-state index contributed by atoms with van der Waals surface area (Å²) in [5, 5.41) is 9.10. The molecule has 0 saturated heterocycles. The van der Waals surface area contributed by atoms with Gasteiger partial charge in [0.25, 0.3) is 0 Å². The molecule has 1 aliphatic heterocycles. The summed E-state index contributed by atoms with van der Waals surface area (Å²) in [4.78, 5) is 24.4. The second kappa shape index (κ2) is 8.28. The Balaban J connectivity index is 1.55. The Morgan fingerprint density at radius 3 is 2.72 bits per heavy atom. The first-order valence-electron chi connectivity index (χ1n) is 9.36. The van der Waals surface area contributed by atoms with E-state index in [-0.39, 0.29) is 17.9 Å². The van der Waals surface area contributed by atoms with Crippen molar-refractivity contribution in [3.63, 3.8) is 0 Å². The van der Waals surface area contributed by atoms with Crippen LogP contribution >= 0.6 is 0 Å². The molecule has 3 rings (SSSR count). The highest BCUT2D eigenvalue weighted by Gasteiger charge is 2.24. The maximum Gasteiger partial charge on any atom is 0.243 e. The number of hydrogen-bond donors (Lipinski definition) is 1. The minimum Gasteiger partial charge on any atom is -0.353 e. The van der Waals surface area contributed by atoms with E-state index < -0.39 is 0 Å². The van der Waals surface area contributed by atoms with Crippen molar-refractivity contribution >= 4 is 17.5 Å². The van der Waals surface area contributed by atoms with E-state index in [0.29, 0.717) is 31.7 Å². The molecule has 0 aromatic heterocycles. The van der Waals surface area contributed by atoms with Crippen LogP contribution in [0.15, 0.2) is 35.4 Å². The molecule has 2 unspecified atom stereocenters. The molecule has 2 aliphatic rings. The topological polar surface area (TPSA) is 61.8 Å². The number of nitrogens with zero attached hydrogens (tertiary/aromatic N) is 2. The molecule has 2 atom stereocenters. The number of amides is 2. The molecular weight excluding hydrogens is 314 g/mol. The number of hydrogen-bond acceptors (Lipinski definition) is 3. The van der Waals surface area contributed by atoms with E-state index in [9.17, 15) is 9.59 Å². The quantitative estimate of drug-likeness (QED) is 0.894. The van der Waals surface area contributed by atoms with Crippen molar-refractivity contribution in [1.29, 1.82) is 0 Å². The van der Waals surface area contributed by atoms with Crippen molar-refractivity contribution in [3.8, 4) is 0 Å². The Labute approximate surface area is 149 Å². The molecule has 134 valence electrons. The number of benzene rings is 1. The van der Waals surface area contributed by atoms with Crippen LogP contribution in [0.1, 0.15) is 57.4 Å². The van der Waals surface area contributed by atoms with E-state index in [1.165, 1.54) is 24.3 Å². The first-order chi connectivity index (χ1) is 12.1. The van der Waals surface area contributed by atoms with Crippen molar-refractivity contribution in [2.75, 3.05) is 6.54 Å². The van der Waals surface area contributed by atoms with Crippen LogP contribution in [0.25, 0.3) is 0 Å². The number of hydrazone groups is 1. The van der Waals surface area contributed by atoms with E-state index in [1.54, 1.807) is 0 Å². The highest BCUT2D eigenvalue weighted by molar-refractivity contribution is 6.04. The van der Waals surface area contributed by atoms with Crippen LogP contribution < -0.4 is 5.32 Å². The van der Waals surface area contributed by atoms with E-state index in [2.05, 4.69) is 17.3 Å². The van der Waals surface area contributed by atoms with Gasteiger partial charge in [0, 0.05) is 25.3 Å². The van der Waals surface area contributed by atoms with Gasteiger partial charge in [-0.25, -0.2) is 5.01 Å². The molecule has 5 heteroatoms. The van der Waals surface area contributed by atoms with Crippen LogP contribution in [-0.4, -0.2) is 35.1 Å². The van der Waals surface area contributed by atoms with Crippen molar-refractivity contribution < 1.29 is 9.59 Å². The van der Waals surface area contributed by atoms with Crippen LogP contribution in [0.5, 0.6) is 0 Å². The monoisotopic (exact) mass is 341 g/mol. The van der Waals surface area contributed by atoms with Gasteiger partial charge in [-0.1, -0.05) is 50.1 Å². The first kappa shape index (κ1) is 17.6. The molecule has 1 heterocycles. The standard InChI is InChI=1S/C20H27N3O2/c1-15-7-5-6-10-17(15)21-19(24)13-14-23-20(25)12-11-18(22-23)16-8-3-2-4-9-16/h2-4,8-9,15,17H,5-7,10-14H2,1H3,(H,21,24). The van der Waals surface area contributed by atoms with Crippen LogP contribution in [-0.2, 0) is 9.59 Å². The van der Waals surface area contributed by atoms with E-state index in [0.717, 1.165) is 17.7 Å². The molecule has 0 bridgehead atoms. The third-order valence-electron chi connectivity index (χ3n) is 5.22. The second-order valence-electron chi connectivity index (χ2n) is 7.12. The molecule has 1 saturated carbocycles. The molecule has 1 aromatic rings. The van der Waals surface area contributed by atoms with Gasteiger partial charge >= 0.3 is 0 Å². The van der Waals surface area contributed by atoms with E-state index >= 15 is 0 Å². The Morgan fingerprint density at radius 2 is 1.96 bits per heavy atom. The fourth-order valence-electron chi connectivity index (χ4n) is 3.63. The first-order valence-corrected chi connectivity index (χ1v) is 9.36. The molecule has 1 fully saturated rings. The molecule has 0 radical (unpaired) electrons. The normalized spacial score (nSPS) is 24.0. The lowest BCUT2D eigenvalue weighted by Gasteiger charge is -2.30. The Morgan fingerprint density at radius 1 is 1.20 bits per heavy atom. The van der Waals surface area contributed by atoms with Crippen molar-refractivity contribution in [2.45, 2.75) is 57.9 Å². The van der Waals surface area contributed by atoms with Crippen molar-refractivity contribution in [1.82, 2.24) is 10.3 Å². The maximum atomic E-state index is 12.3. The molecule has 0 spiro atoms. The molecule has 25 heavy (non-hydrogen) atoms. The summed E-state index contributed by atoms with van der Waals surface area (Å²) < 4.78 is 0. The van der Waals surface area contributed by atoms with Crippen molar-refractivity contribution in [2.24, 2.45) is 11.0 Å². The predicted molar refractivity (Wildman–Crippen MR) is 98.1 cm³/mol. The zero-order valence-corrected chi connectivity index (χ0v) is 14.9. The summed E-state index contributed by atoms with van der Waals surface area (Å²) in [7, 11) is 0. The number of carbonyl (C=O) groups excluding carboxylic acids is 2. The van der Waals surface area contributed by atoms with Crippen LogP contribution in [0.3, 0.4) is 0 Å². The summed E-state index contributed by atoms with van der Waals surface area (Å²) in [5.41, 5.74) is 1.96. The average Bonchev–Trinajstić information content (AvgIpc) is 2.64. The zero-order valence-electron chi connectivity index (χ0n) is 14.9. The largest absolute Gasteiger partial charge is 0.353 e. The van der Waals surface area contributed by atoms with Gasteiger partial charge < -0.3 is 5.32 Å². The number of nitrogens with one attached hydrogen (secondary N) is 1. The fraction of sp³-hybridized carbons (Fsp3) is 0.550. The highest BCUT2D eigenvalue weighted by Crippen LogP contribution is 2.23. The van der Waals surface area contributed by atoms with Crippen LogP contribution in [0, 0.1) is 5.92 Å². The molecular formula is C20H27N3O2. The average molecular weight is 341 g/mol. The summed E-state index contributed by atoms with van der Waals surface area (Å²) in [5.74, 6) is 0.559. The molecule has 2 amide bonds. The summed E-state index contributed by atoms with van der Waals surface area (Å²) in [6.07, 6.45) is 6.10. The Hall–Kier alpha value is -2.17. The summed E-state index contributed by atoms with van der Waals surface area (Å²) >= 11 is 0. The molecule has 1 aromatic carbocycles.